The summed E-state index contributed by atoms with van der Waals surface area (Å²) < 4.78 is 12.0. The molecule has 31 heavy (non-hydrogen) atoms. The van der Waals surface area contributed by atoms with Gasteiger partial charge in [-0.15, -0.1) is 0 Å². The number of carbonyl (C=O) groups is 1. The number of nitrogens with one attached hydrogen (secondary N) is 1. The Labute approximate surface area is 190 Å². The van der Waals surface area contributed by atoms with Crippen molar-refractivity contribution in [2.45, 2.75) is 13.5 Å². The highest BCUT2D eigenvalue weighted by atomic mass is 79.9. The van der Waals surface area contributed by atoms with E-state index in [1.165, 1.54) is 6.08 Å². The zero-order valence-electron chi connectivity index (χ0n) is 17.2. The van der Waals surface area contributed by atoms with Gasteiger partial charge in [0, 0.05) is 10.2 Å². The number of halogens is 1. The number of rotatable bonds is 7. The van der Waals surface area contributed by atoms with Crippen LogP contribution >= 0.6 is 15.9 Å². The highest BCUT2D eigenvalue weighted by molar-refractivity contribution is 9.10. The van der Waals surface area contributed by atoms with Crippen molar-refractivity contribution < 1.29 is 14.3 Å². The molecule has 0 radical (unpaired) electrons. The summed E-state index contributed by atoms with van der Waals surface area (Å²) in [6.45, 7) is 2.32. The predicted octanol–water partition coefficient (Wildman–Crippen LogP) is 5.89. The molecular formula is C25H21BrN2O3. The number of nitrogens with zero attached hydrogens (tertiary/aromatic N) is 1. The molecule has 3 rings (SSSR count). The fourth-order valence-corrected chi connectivity index (χ4v) is 3.33. The maximum Gasteiger partial charge on any atom is 0.266 e. The van der Waals surface area contributed by atoms with Crippen molar-refractivity contribution in [3.8, 4) is 17.6 Å². The van der Waals surface area contributed by atoms with Gasteiger partial charge < -0.3 is 14.8 Å². The van der Waals surface area contributed by atoms with Crippen LogP contribution in [-0.2, 0) is 11.4 Å². The summed E-state index contributed by atoms with van der Waals surface area (Å²) in [6.07, 6.45) is 1.51. The van der Waals surface area contributed by atoms with Crippen LogP contribution in [0.2, 0.25) is 0 Å². The van der Waals surface area contributed by atoms with E-state index in [9.17, 15) is 10.1 Å². The molecule has 6 heteroatoms. The molecule has 0 heterocycles. The molecule has 0 atom stereocenters. The molecule has 3 aromatic rings. The van der Waals surface area contributed by atoms with Crippen LogP contribution in [0.25, 0.3) is 6.08 Å². The minimum atomic E-state index is -0.483. The van der Waals surface area contributed by atoms with Crippen molar-refractivity contribution >= 4 is 33.6 Å². The van der Waals surface area contributed by atoms with Gasteiger partial charge in [0.1, 0.15) is 18.2 Å². The molecule has 0 aliphatic carbocycles. The molecule has 0 bridgehead atoms. The number of hydrogen-bond donors (Lipinski definition) is 1. The van der Waals surface area contributed by atoms with Crippen LogP contribution in [0, 0.1) is 18.3 Å². The third-order valence-electron chi connectivity index (χ3n) is 4.46. The molecular weight excluding hydrogens is 456 g/mol. The summed E-state index contributed by atoms with van der Waals surface area (Å²) in [5, 5.41) is 12.3. The molecule has 0 aromatic heterocycles. The second-order valence-corrected chi connectivity index (χ2v) is 7.65. The van der Waals surface area contributed by atoms with Gasteiger partial charge in [-0.3, -0.25) is 4.79 Å². The van der Waals surface area contributed by atoms with E-state index in [1.54, 1.807) is 25.3 Å². The Balaban J connectivity index is 1.82. The van der Waals surface area contributed by atoms with Crippen LogP contribution in [0.4, 0.5) is 5.69 Å². The normalized spacial score (nSPS) is 10.8. The molecule has 1 amide bonds. The van der Waals surface area contributed by atoms with Gasteiger partial charge in [0.05, 0.1) is 7.11 Å². The fourth-order valence-electron chi connectivity index (χ4n) is 2.89. The van der Waals surface area contributed by atoms with Crippen LogP contribution in [0.5, 0.6) is 11.5 Å². The molecule has 0 aliphatic heterocycles. The first-order valence-electron chi connectivity index (χ1n) is 9.54. The van der Waals surface area contributed by atoms with Crippen LogP contribution in [0.1, 0.15) is 16.7 Å². The van der Waals surface area contributed by atoms with E-state index in [-0.39, 0.29) is 5.57 Å². The zero-order valence-corrected chi connectivity index (χ0v) is 18.8. The van der Waals surface area contributed by atoms with E-state index in [1.807, 2.05) is 61.5 Å². The number of anilines is 1. The standard InChI is InChI=1S/C25H21BrN2O3/c1-17-7-6-10-21(11-17)28-25(29)20(15-27)12-19-13-23(30-2)24(14-22(19)26)31-16-18-8-4-3-5-9-18/h3-14H,16H2,1-2H3,(H,28,29)/b20-12-. The molecule has 0 unspecified atom stereocenters. The maximum absolute atomic E-state index is 12.6. The topological polar surface area (TPSA) is 71.3 Å². The summed E-state index contributed by atoms with van der Waals surface area (Å²) in [5.41, 5.74) is 3.28. The Hall–Kier alpha value is -3.56. The lowest BCUT2D eigenvalue weighted by molar-refractivity contribution is -0.112. The predicted molar refractivity (Wildman–Crippen MR) is 125 cm³/mol. The monoisotopic (exact) mass is 476 g/mol. The van der Waals surface area contributed by atoms with Crippen LogP contribution < -0.4 is 14.8 Å². The smallest absolute Gasteiger partial charge is 0.266 e. The Kier molecular flexibility index (Phi) is 7.47. The zero-order chi connectivity index (χ0) is 22.2. The van der Waals surface area contributed by atoms with Gasteiger partial charge in [0.2, 0.25) is 0 Å². The van der Waals surface area contributed by atoms with Gasteiger partial charge in [-0.25, -0.2) is 0 Å². The molecule has 3 aromatic carbocycles. The lowest BCUT2D eigenvalue weighted by Crippen LogP contribution is -2.13. The quantitative estimate of drug-likeness (QED) is 0.340. The second-order valence-electron chi connectivity index (χ2n) is 6.79. The number of amides is 1. The van der Waals surface area contributed by atoms with Gasteiger partial charge in [-0.05, 0) is 54.0 Å². The third kappa shape index (κ3) is 5.97. The average molecular weight is 477 g/mol. The highest BCUT2D eigenvalue weighted by Gasteiger charge is 2.14. The van der Waals surface area contributed by atoms with E-state index in [2.05, 4.69) is 21.2 Å². The van der Waals surface area contributed by atoms with Crippen molar-refractivity contribution in [2.24, 2.45) is 0 Å². The van der Waals surface area contributed by atoms with Gasteiger partial charge in [-0.1, -0.05) is 58.4 Å². The number of carbonyl (C=O) groups excluding carboxylic acids is 1. The lowest BCUT2D eigenvalue weighted by atomic mass is 10.1. The van der Waals surface area contributed by atoms with Crippen molar-refractivity contribution in [1.82, 2.24) is 0 Å². The van der Waals surface area contributed by atoms with E-state index in [0.717, 1.165) is 11.1 Å². The van der Waals surface area contributed by atoms with Crippen LogP contribution in [0.15, 0.2) is 76.8 Å². The molecule has 156 valence electrons. The number of nitriles is 1. The number of hydrogen-bond acceptors (Lipinski definition) is 4. The van der Waals surface area contributed by atoms with E-state index in [0.29, 0.717) is 33.8 Å². The Morgan fingerprint density at radius 1 is 1.10 bits per heavy atom. The van der Waals surface area contributed by atoms with Gasteiger partial charge in [0.15, 0.2) is 11.5 Å². The summed E-state index contributed by atoms with van der Waals surface area (Å²) in [7, 11) is 1.54. The number of aryl methyl sites for hydroxylation is 1. The third-order valence-corrected chi connectivity index (χ3v) is 5.15. The first-order valence-corrected chi connectivity index (χ1v) is 10.3. The van der Waals surface area contributed by atoms with Crippen molar-refractivity contribution in [3.63, 3.8) is 0 Å². The summed E-state index contributed by atoms with van der Waals surface area (Å²) in [5.74, 6) is 0.572. The fraction of sp³-hybridized carbons (Fsp3) is 0.120. The first-order chi connectivity index (χ1) is 15.0. The lowest BCUT2D eigenvalue weighted by Gasteiger charge is -2.13. The summed E-state index contributed by atoms with van der Waals surface area (Å²) in [4.78, 5) is 12.6. The number of benzene rings is 3. The van der Waals surface area contributed by atoms with E-state index in [4.69, 9.17) is 9.47 Å². The maximum atomic E-state index is 12.6. The molecule has 0 spiro atoms. The Morgan fingerprint density at radius 3 is 2.55 bits per heavy atom. The summed E-state index contributed by atoms with van der Waals surface area (Å²) in [6, 6.07) is 22.6. The Bertz CT molecular complexity index is 1150. The molecule has 0 saturated carbocycles. The van der Waals surface area contributed by atoms with Gasteiger partial charge in [-0.2, -0.15) is 5.26 Å². The van der Waals surface area contributed by atoms with Gasteiger partial charge >= 0.3 is 0 Å². The van der Waals surface area contributed by atoms with Crippen LogP contribution in [-0.4, -0.2) is 13.0 Å². The average Bonchev–Trinajstić information content (AvgIpc) is 2.77. The first kappa shape index (κ1) is 22.1. The van der Waals surface area contributed by atoms with Crippen molar-refractivity contribution in [3.05, 3.63) is 93.5 Å². The van der Waals surface area contributed by atoms with E-state index >= 15 is 0 Å². The minimum Gasteiger partial charge on any atom is -0.493 e. The SMILES string of the molecule is COc1cc(/C=C(/C#N)C(=O)Nc2cccc(C)c2)c(Br)cc1OCc1ccccc1. The van der Waals surface area contributed by atoms with E-state index < -0.39 is 5.91 Å². The Morgan fingerprint density at radius 2 is 1.87 bits per heavy atom. The molecule has 0 aliphatic rings. The molecule has 1 N–H and O–H groups in total. The second kappa shape index (κ2) is 10.5. The molecule has 5 nitrogen and oxygen atoms in total. The minimum absolute atomic E-state index is 0.0257. The summed E-state index contributed by atoms with van der Waals surface area (Å²) >= 11 is 3.50. The number of methoxy groups -OCH3 is 1. The van der Waals surface area contributed by atoms with Crippen molar-refractivity contribution in [2.75, 3.05) is 12.4 Å². The van der Waals surface area contributed by atoms with Crippen LogP contribution in [0.3, 0.4) is 0 Å². The van der Waals surface area contributed by atoms with Crippen molar-refractivity contribution in [1.29, 1.82) is 5.26 Å². The molecule has 0 saturated heterocycles. The molecule has 0 fully saturated rings. The van der Waals surface area contributed by atoms with Gasteiger partial charge in [0.25, 0.3) is 5.91 Å². The highest BCUT2D eigenvalue weighted by Crippen LogP contribution is 2.35. The largest absolute Gasteiger partial charge is 0.493 e. The number of ether oxygens (including phenoxy) is 2.